The molecule has 1 nitrogen and oxygen atoms in total. The van der Waals surface area contributed by atoms with Crippen LogP contribution in [0.3, 0.4) is 0 Å². The normalized spacial score (nSPS) is 16.4. The first-order chi connectivity index (χ1) is 5.20. The van der Waals surface area contributed by atoms with Gasteiger partial charge in [-0.3, -0.25) is 0 Å². The van der Waals surface area contributed by atoms with Crippen LogP contribution in [0.5, 0.6) is 0 Å². The van der Waals surface area contributed by atoms with Gasteiger partial charge in [0.2, 0.25) is 0 Å². The van der Waals surface area contributed by atoms with Crippen molar-refractivity contribution in [3.63, 3.8) is 0 Å². The molecule has 0 saturated carbocycles. The molecule has 2 heteroatoms. The molecule has 1 N–H and O–H groups in total. The summed E-state index contributed by atoms with van der Waals surface area (Å²) in [5.74, 6) is 0. The van der Waals surface area contributed by atoms with Crippen molar-refractivity contribution in [2.45, 2.75) is 51.5 Å². The fourth-order valence-corrected chi connectivity index (χ4v) is 0.944. The maximum Gasteiger partial charge on any atom is 0.0345 e. The lowest BCUT2D eigenvalue weighted by Crippen LogP contribution is -2.27. The molecule has 0 rings (SSSR count). The van der Waals surface area contributed by atoms with Crippen LogP contribution in [0.15, 0.2) is 0 Å². The second-order valence-corrected chi connectivity index (χ2v) is 3.67. The molecule has 0 aliphatic carbocycles. The number of hydrogen-bond acceptors (Lipinski definition) is 1. The highest BCUT2D eigenvalue weighted by molar-refractivity contribution is 6.20. The van der Waals surface area contributed by atoms with Crippen LogP contribution >= 0.6 is 11.6 Å². The molecule has 0 bridgehead atoms. The van der Waals surface area contributed by atoms with Gasteiger partial charge in [-0.1, -0.05) is 13.8 Å². The minimum atomic E-state index is 0.353. The summed E-state index contributed by atoms with van der Waals surface area (Å²) in [6, 6.07) is 0.635. The Balaban J connectivity index is 3.13. The zero-order valence-electron chi connectivity index (χ0n) is 7.86. The van der Waals surface area contributed by atoms with Crippen molar-refractivity contribution in [1.29, 1.82) is 0 Å². The van der Waals surface area contributed by atoms with E-state index in [1.807, 2.05) is 0 Å². The summed E-state index contributed by atoms with van der Waals surface area (Å²) >= 11 is 5.95. The monoisotopic (exact) mass is 177 g/mol. The molecule has 0 radical (unpaired) electrons. The standard InChI is InChI=1S/C9H20ClN/c1-4-8(3)11-7-6-9(10)5-2/h8-9,11H,4-7H2,1-3H3. The van der Waals surface area contributed by atoms with Crippen molar-refractivity contribution in [3.05, 3.63) is 0 Å². The van der Waals surface area contributed by atoms with Crippen LogP contribution in [0.1, 0.15) is 40.0 Å². The lowest BCUT2D eigenvalue weighted by Gasteiger charge is -2.12. The highest BCUT2D eigenvalue weighted by atomic mass is 35.5. The molecule has 11 heavy (non-hydrogen) atoms. The Hall–Kier alpha value is 0.250. The van der Waals surface area contributed by atoms with Gasteiger partial charge >= 0.3 is 0 Å². The van der Waals surface area contributed by atoms with Gasteiger partial charge in [0, 0.05) is 11.4 Å². The van der Waals surface area contributed by atoms with Crippen LogP contribution in [0.25, 0.3) is 0 Å². The molecule has 0 heterocycles. The van der Waals surface area contributed by atoms with Crippen LogP contribution in [0, 0.1) is 0 Å². The van der Waals surface area contributed by atoms with Crippen molar-refractivity contribution in [2.75, 3.05) is 6.54 Å². The second kappa shape index (κ2) is 6.93. The molecule has 2 atom stereocenters. The van der Waals surface area contributed by atoms with Gasteiger partial charge in [0.05, 0.1) is 0 Å². The molecule has 0 saturated heterocycles. The van der Waals surface area contributed by atoms with E-state index in [2.05, 4.69) is 26.1 Å². The predicted molar refractivity (Wildman–Crippen MR) is 52.3 cm³/mol. The average Bonchev–Trinajstić information content (AvgIpc) is 2.04. The Labute approximate surface area is 75.5 Å². The first-order valence-corrected chi connectivity index (χ1v) is 5.01. The van der Waals surface area contributed by atoms with Crippen LogP contribution in [0.2, 0.25) is 0 Å². The molecule has 0 fully saturated rings. The zero-order valence-corrected chi connectivity index (χ0v) is 8.62. The first kappa shape index (κ1) is 11.2. The second-order valence-electron chi connectivity index (χ2n) is 3.06. The van der Waals surface area contributed by atoms with E-state index in [1.165, 1.54) is 6.42 Å². The predicted octanol–water partition coefficient (Wildman–Crippen LogP) is 2.78. The van der Waals surface area contributed by atoms with Crippen molar-refractivity contribution in [2.24, 2.45) is 0 Å². The Morgan fingerprint density at radius 3 is 2.36 bits per heavy atom. The van der Waals surface area contributed by atoms with Crippen LogP contribution < -0.4 is 5.32 Å². The van der Waals surface area contributed by atoms with E-state index >= 15 is 0 Å². The van der Waals surface area contributed by atoms with E-state index in [0.29, 0.717) is 11.4 Å². The van der Waals surface area contributed by atoms with Gasteiger partial charge in [0.1, 0.15) is 0 Å². The van der Waals surface area contributed by atoms with Gasteiger partial charge in [0.25, 0.3) is 0 Å². The summed E-state index contributed by atoms with van der Waals surface area (Å²) in [5, 5.41) is 3.77. The quantitative estimate of drug-likeness (QED) is 0.616. The highest BCUT2D eigenvalue weighted by Gasteiger charge is 2.01. The number of alkyl halides is 1. The highest BCUT2D eigenvalue weighted by Crippen LogP contribution is 2.04. The molecule has 0 aliphatic heterocycles. The molecule has 68 valence electrons. The van der Waals surface area contributed by atoms with Gasteiger partial charge in [0.15, 0.2) is 0 Å². The Morgan fingerprint density at radius 2 is 1.91 bits per heavy atom. The summed E-state index contributed by atoms with van der Waals surface area (Å²) in [4.78, 5) is 0. The maximum atomic E-state index is 5.95. The van der Waals surface area contributed by atoms with Gasteiger partial charge in [-0.05, 0) is 32.7 Å². The van der Waals surface area contributed by atoms with Crippen molar-refractivity contribution >= 4 is 11.6 Å². The van der Waals surface area contributed by atoms with Crippen molar-refractivity contribution < 1.29 is 0 Å². The average molecular weight is 178 g/mol. The van der Waals surface area contributed by atoms with E-state index in [4.69, 9.17) is 11.6 Å². The topological polar surface area (TPSA) is 12.0 Å². The summed E-state index contributed by atoms with van der Waals surface area (Å²) in [6.45, 7) is 7.57. The van der Waals surface area contributed by atoms with Gasteiger partial charge in [-0.2, -0.15) is 0 Å². The number of nitrogens with one attached hydrogen (secondary N) is 1. The number of hydrogen-bond donors (Lipinski definition) is 1. The summed E-state index contributed by atoms with van der Waals surface area (Å²) in [6.07, 6.45) is 3.35. The molecule has 0 spiro atoms. The summed E-state index contributed by atoms with van der Waals surface area (Å²) < 4.78 is 0. The van der Waals surface area contributed by atoms with Gasteiger partial charge in [-0.25, -0.2) is 0 Å². The minimum absolute atomic E-state index is 0.353. The molecule has 0 aromatic heterocycles. The number of halogens is 1. The number of rotatable bonds is 6. The van der Waals surface area contributed by atoms with E-state index < -0.39 is 0 Å². The van der Waals surface area contributed by atoms with E-state index in [9.17, 15) is 0 Å². The smallest absolute Gasteiger partial charge is 0.0345 e. The lowest BCUT2D eigenvalue weighted by atomic mass is 10.2. The largest absolute Gasteiger partial charge is 0.314 e. The molecule has 0 aliphatic rings. The SMILES string of the molecule is CCC(Cl)CCNC(C)CC. The van der Waals surface area contributed by atoms with Gasteiger partial charge < -0.3 is 5.32 Å². The van der Waals surface area contributed by atoms with Crippen molar-refractivity contribution in [3.8, 4) is 0 Å². The first-order valence-electron chi connectivity index (χ1n) is 4.58. The van der Waals surface area contributed by atoms with E-state index in [1.54, 1.807) is 0 Å². The molecular weight excluding hydrogens is 158 g/mol. The molecular formula is C9H20ClN. The molecule has 2 unspecified atom stereocenters. The van der Waals surface area contributed by atoms with Gasteiger partial charge in [-0.15, -0.1) is 11.6 Å². The Morgan fingerprint density at radius 1 is 1.27 bits per heavy atom. The third-order valence-corrected chi connectivity index (χ3v) is 2.53. The fourth-order valence-electron chi connectivity index (χ4n) is 0.835. The third kappa shape index (κ3) is 6.64. The molecule has 0 amide bonds. The van der Waals surface area contributed by atoms with E-state index in [-0.39, 0.29) is 0 Å². The Bertz CT molecular complexity index is 75.6. The minimum Gasteiger partial charge on any atom is -0.314 e. The summed E-state index contributed by atoms with van der Waals surface area (Å²) in [5.41, 5.74) is 0. The lowest BCUT2D eigenvalue weighted by molar-refractivity contribution is 0.516. The maximum absolute atomic E-state index is 5.95. The molecule has 0 aromatic rings. The fraction of sp³-hybridized carbons (Fsp3) is 1.00. The van der Waals surface area contributed by atoms with Crippen molar-refractivity contribution in [1.82, 2.24) is 5.32 Å². The molecule has 0 aromatic carbocycles. The van der Waals surface area contributed by atoms with Crippen LogP contribution in [-0.4, -0.2) is 18.0 Å². The third-order valence-electron chi connectivity index (χ3n) is 2.01. The Kier molecular flexibility index (Phi) is 7.09. The van der Waals surface area contributed by atoms with Crippen LogP contribution in [-0.2, 0) is 0 Å². The van der Waals surface area contributed by atoms with E-state index in [0.717, 1.165) is 19.4 Å². The van der Waals surface area contributed by atoms with Crippen LogP contribution in [0.4, 0.5) is 0 Å². The zero-order chi connectivity index (χ0) is 8.69. The summed E-state index contributed by atoms with van der Waals surface area (Å²) in [7, 11) is 0.